The van der Waals surface area contributed by atoms with Crippen LogP contribution in [0.3, 0.4) is 0 Å². The van der Waals surface area contributed by atoms with E-state index in [1.807, 2.05) is 6.07 Å². The maximum atomic E-state index is 12.0. The molecule has 1 aliphatic carbocycles. The second kappa shape index (κ2) is 6.21. The van der Waals surface area contributed by atoms with Crippen molar-refractivity contribution in [1.82, 2.24) is 5.32 Å². The zero-order valence-corrected chi connectivity index (χ0v) is 12.7. The van der Waals surface area contributed by atoms with E-state index in [1.165, 1.54) is 0 Å². The van der Waals surface area contributed by atoms with Gasteiger partial charge < -0.3 is 10.4 Å². The van der Waals surface area contributed by atoms with Crippen molar-refractivity contribution in [2.75, 3.05) is 0 Å². The third-order valence-electron chi connectivity index (χ3n) is 3.23. The number of hydrogen-bond acceptors (Lipinski definition) is 2. The van der Waals surface area contributed by atoms with Gasteiger partial charge in [-0.05, 0) is 53.6 Å². The Labute approximate surface area is 125 Å². The van der Waals surface area contributed by atoms with Crippen molar-refractivity contribution >= 4 is 40.1 Å². The van der Waals surface area contributed by atoms with E-state index in [2.05, 4.69) is 27.9 Å². The summed E-state index contributed by atoms with van der Waals surface area (Å²) in [6.45, 7) is 0. The number of carbonyl (C=O) groups excluding carboxylic acids is 1. The first-order valence-corrected chi connectivity index (χ1v) is 7.47. The summed E-state index contributed by atoms with van der Waals surface area (Å²) in [6.07, 6.45) is 3.25. The second-order valence-electron chi connectivity index (χ2n) is 4.56. The lowest BCUT2D eigenvalue weighted by Crippen LogP contribution is -2.45. The summed E-state index contributed by atoms with van der Waals surface area (Å²) in [4.78, 5) is 12.0. The predicted molar refractivity (Wildman–Crippen MR) is 79.9 cm³/mol. The quantitative estimate of drug-likeness (QED) is 0.776. The van der Waals surface area contributed by atoms with Gasteiger partial charge in [0.25, 0.3) is 5.91 Å². The number of aliphatic hydroxyl groups excluding tert-OH is 1. The molecule has 5 heteroatoms. The molecule has 2 atom stereocenters. The summed E-state index contributed by atoms with van der Waals surface area (Å²) >= 11 is 8.11. The van der Waals surface area contributed by atoms with Crippen molar-refractivity contribution in [2.45, 2.75) is 37.8 Å². The molecule has 0 bridgehead atoms. The molecule has 3 nitrogen and oxygen atoms in total. The molecular weight excluding hydrogens is 365 g/mol. The van der Waals surface area contributed by atoms with Crippen LogP contribution in [0, 0.1) is 3.57 Å². The Hall–Kier alpha value is -0.330. The third kappa shape index (κ3) is 3.36. The first kappa shape index (κ1) is 14.1. The highest BCUT2D eigenvalue weighted by molar-refractivity contribution is 14.1. The van der Waals surface area contributed by atoms with Crippen molar-refractivity contribution in [3.63, 3.8) is 0 Å². The molecule has 0 aliphatic heterocycles. The number of amides is 1. The van der Waals surface area contributed by atoms with Crippen LogP contribution in [0.1, 0.15) is 36.0 Å². The molecule has 1 amide bonds. The van der Waals surface area contributed by atoms with Crippen LogP contribution in [0.5, 0.6) is 0 Å². The number of aliphatic hydroxyl groups is 1. The van der Waals surface area contributed by atoms with Crippen LogP contribution >= 0.6 is 34.2 Å². The van der Waals surface area contributed by atoms with Crippen molar-refractivity contribution in [1.29, 1.82) is 0 Å². The molecular formula is C13H15ClINO2. The van der Waals surface area contributed by atoms with Gasteiger partial charge in [0.2, 0.25) is 0 Å². The Morgan fingerprint density at radius 2 is 2.11 bits per heavy atom. The van der Waals surface area contributed by atoms with E-state index in [4.69, 9.17) is 11.6 Å². The van der Waals surface area contributed by atoms with Gasteiger partial charge in [0, 0.05) is 9.13 Å². The number of benzene rings is 1. The summed E-state index contributed by atoms with van der Waals surface area (Å²) in [5, 5.41) is 13.3. The first-order valence-electron chi connectivity index (χ1n) is 6.02. The van der Waals surface area contributed by atoms with Crippen LogP contribution in [0.15, 0.2) is 18.2 Å². The number of hydrogen-bond donors (Lipinski definition) is 2. The topological polar surface area (TPSA) is 49.3 Å². The van der Waals surface area contributed by atoms with Crippen molar-refractivity contribution in [3.05, 3.63) is 32.4 Å². The van der Waals surface area contributed by atoms with Crippen LogP contribution in [0.4, 0.5) is 0 Å². The fourth-order valence-electron chi connectivity index (χ4n) is 2.17. The Morgan fingerprint density at radius 3 is 2.78 bits per heavy atom. The molecule has 2 rings (SSSR count). The molecule has 1 aliphatic rings. The minimum atomic E-state index is -0.429. The molecule has 0 heterocycles. The fourth-order valence-corrected chi connectivity index (χ4v) is 2.68. The van der Waals surface area contributed by atoms with E-state index in [9.17, 15) is 9.90 Å². The van der Waals surface area contributed by atoms with Crippen LogP contribution < -0.4 is 5.32 Å². The van der Waals surface area contributed by atoms with Gasteiger partial charge in [-0.25, -0.2) is 0 Å². The summed E-state index contributed by atoms with van der Waals surface area (Å²) in [5.41, 5.74) is 0.540. The van der Waals surface area contributed by atoms with Gasteiger partial charge in [-0.2, -0.15) is 0 Å². The number of nitrogens with one attached hydrogen (secondary N) is 1. The van der Waals surface area contributed by atoms with Gasteiger partial charge in [-0.3, -0.25) is 4.79 Å². The van der Waals surface area contributed by atoms with Gasteiger partial charge in [0.1, 0.15) is 0 Å². The average Bonchev–Trinajstić information content (AvgIpc) is 2.35. The first-order chi connectivity index (χ1) is 8.58. The van der Waals surface area contributed by atoms with Gasteiger partial charge in [-0.1, -0.05) is 24.4 Å². The molecule has 18 heavy (non-hydrogen) atoms. The van der Waals surface area contributed by atoms with Gasteiger partial charge in [-0.15, -0.1) is 0 Å². The summed E-state index contributed by atoms with van der Waals surface area (Å²) in [7, 11) is 0. The molecule has 1 aromatic rings. The van der Waals surface area contributed by atoms with Gasteiger partial charge in [0.15, 0.2) is 0 Å². The minimum absolute atomic E-state index is 0.135. The zero-order chi connectivity index (χ0) is 13.1. The highest BCUT2D eigenvalue weighted by atomic mass is 127. The lowest BCUT2D eigenvalue weighted by molar-refractivity contribution is 0.0717. The Bertz CT molecular complexity index is 453. The molecule has 1 fully saturated rings. The Kier molecular flexibility index (Phi) is 4.86. The summed E-state index contributed by atoms with van der Waals surface area (Å²) in [6, 6.07) is 5.09. The van der Waals surface area contributed by atoms with Crippen LogP contribution in [0.25, 0.3) is 0 Å². The van der Waals surface area contributed by atoms with Crippen LogP contribution in [0.2, 0.25) is 5.02 Å². The highest BCUT2D eigenvalue weighted by Crippen LogP contribution is 2.21. The lowest BCUT2D eigenvalue weighted by Gasteiger charge is -2.28. The molecule has 0 aromatic heterocycles. The maximum Gasteiger partial charge on any atom is 0.251 e. The Morgan fingerprint density at radius 1 is 1.39 bits per heavy atom. The average molecular weight is 380 g/mol. The largest absolute Gasteiger partial charge is 0.391 e. The summed E-state index contributed by atoms with van der Waals surface area (Å²) in [5.74, 6) is -0.167. The summed E-state index contributed by atoms with van der Waals surface area (Å²) < 4.78 is 0.920. The highest BCUT2D eigenvalue weighted by Gasteiger charge is 2.24. The van der Waals surface area contributed by atoms with E-state index in [0.717, 1.165) is 29.3 Å². The monoisotopic (exact) mass is 379 g/mol. The van der Waals surface area contributed by atoms with Crippen LogP contribution in [-0.2, 0) is 0 Å². The molecule has 1 saturated carbocycles. The van der Waals surface area contributed by atoms with Crippen molar-refractivity contribution < 1.29 is 9.90 Å². The number of rotatable bonds is 2. The molecule has 1 aromatic carbocycles. The Balaban J connectivity index is 2.04. The molecule has 2 unspecified atom stereocenters. The third-order valence-corrected chi connectivity index (χ3v) is 4.80. The maximum absolute atomic E-state index is 12.0. The van der Waals surface area contributed by atoms with E-state index < -0.39 is 6.10 Å². The van der Waals surface area contributed by atoms with E-state index >= 15 is 0 Å². The normalized spacial score (nSPS) is 23.7. The van der Waals surface area contributed by atoms with Gasteiger partial charge >= 0.3 is 0 Å². The van der Waals surface area contributed by atoms with Crippen LogP contribution in [-0.4, -0.2) is 23.2 Å². The molecule has 98 valence electrons. The molecule has 0 spiro atoms. The second-order valence-corrected chi connectivity index (χ2v) is 6.13. The lowest BCUT2D eigenvalue weighted by atomic mass is 9.92. The van der Waals surface area contributed by atoms with E-state index in [1.54, 1.807) is 12.1 Å². The molecule has 0 saturated heterocycles. The van der Waals surface area contributed by atoms with Crippen molar-refractivity contribution in [3.8, 4) is 0 Å². The minimum Gasteiger partial charge on any atom is -0.391 e. The smallest absolute Gasteiger partial charge is 0.251 e. The fraction of sp³-hybridized carbons (Fsp3) is 0.462. The number of carbonyl (C=O) groups is 1. The predicted octanol–water partition coefficient (Wildman–Crippen LogP) is 2.98. The molecule has 0 radical (unpaired) electrons. The van der Waals surface area contributed by atoms with E-state index in [-0.39, 0.29) is 11.9 Å². The van der Waals surface area contributed by atoms with E-state index in [0.29, 0.717) is 10.6 Å². The van der Waals surface area contributed by atoms with Gasteiger partial charge in [0.05, 0.1) is 17.2 Å². The standard InChI is InChI=1S/C13H15ClINO2/c14-9-7-8(5-6-10(9)15)13(18)16-11-3-1-2-4-12(11)17/h5-7,11-12,17H,1-4H2,(H,16,18). The SMILES string of the molecule is O=C(NC1CCCCC1O)c1ccc(I)c(Cl)c1. The zero-order valence-electron chi connectivity index (χ0n) is 9.83. The van der Waals surface area contributed by atoms with Crippen molar-refractivity contribution in [2.24, 2.45) is 0 Å². The number of halogens is 2. The molecule has 2 N–H and O–H groups in total.